The molecule has 0 amide bonds. The van der Waals surface area contributed by atoms with Crippen molar-refractivity contribution in [3.8, 4) is 6.07 Å². The lowest BCUT2D eigenvalue weighted by atomic mass is 10.1. The molecule has 0 unspecified atom stereocenters. The van der Waals surface area contributed by atoms with Crippen LogP contribution < -0.4 is 0 Å². The van der Waals surface area contributed by atoms with Crippen molar-refractivity contribution >= 4 is 11.6 Å². The summed E-state index contributed by atoms with van der Waals surface area (Å²) in [5.74, 6) is 0. The zero-order valence-corrected chi connectivity index (χ0v) is 11.4. The quantitative estimate of drug-likeness (QED) is 0.677. The molecule has 1 rings (SSSR count). The molecule has 1 aromatic carbocycles. The van der Waals surface area contributed by atoms with Crippen LogP contribution in [0.3, 0.4) is 0 Å². The van der Waals surface area contributed by atoms with Crippen molar-refractivity contribution in [2.24, 2.45) is 0 Å². The van der Waals surface area contributed by atoms with Crippen molar-refractivity contribution in [1.82, 2.24) is 0 Å². The highest BCUT2D eigenvalue weighted by molar-refractivity contribution is 6.31. The van der Waals surface area contributed by atoms with Crippen LogP contribution in [0.5, 0.6) is 0 Å². The topological polar surface area (TPSA) is 42.2 Å². The van der Waals surface area contributed by atoms with Crippen LogP contribution in [0, 0.1) is 11.3 Å². The molecule has 0 saturated heterocycles. The van der Waals surface area contributed by atoms with Gasteiger partial charge < -0.3 is 9.47 Å². The van der Waals surface area contributed by atoms with Gasteiger partial charge in [0, 0.05) is 11.6 Å². The second-order valence-electron chi connectivity index (χ2n) is 3.94. The van der Waals surface area contributed by atoms with Crippen LogP contribution >= 0.6 is 11.6 Å². The molecule has 0 aromatic heterocycles. The van der Waals surface area contributed by atoms with Gasteiger partial charge in [-0.05, 0) is 24.1 Å². The van der Waals surface area contributed by atoms with Crippen molar-refractivity contribution in [3.63, 3.8) is 0 Å². The van der Waals surface area contributed by atoms with E-state index in [-0.39, 0.29) is 0 Å². The summed E-state index contributed by atoms with van der Waals surface area (Å²) in [4.78, 5) is 0. The first-order valence-electron chi connectivity index (χ1n) is 6.12. The summed E-state index contributed by atoms with van der Waals surface area (Å²) in [6.45, 7) is 4.53. The summed E-state index contributed by atoms with van der Waals surface area (Å²) in [5.41, 5.74) is 1.45. The maximum atomic E-state index is 8.71. The first kappa shape index (κ1) is 15.0. The molecule has 0 heterocycles. The van der Waals surface area contributed by atoms with E-state index in [9.17, 15) is 0 Å². The summed E-state index contributed by atoms with van der Waals surface area (Å²) in [6.07, 6.45) is 2.23. The van der Waals surface area contributed by atoms with E-state index < -0.39 is 0 Å². The lowest BCUT2D eigenvalue weighted by Crippen LogP contribution is -2.05. The SMILES string of the molecule is CCCCOCCOCc1ccc(C#N)cc1Cl. The van der Waals surface area contributed by atoms with Crippen LogP contribution in [0.15, 0.2) is 18.2 Å². The average Bonchev–Trinajstić information content (AvgIpc) is 2.39. The molecule has 0 N–H and O–H groups in total. The molecule has 3 nitrogen and oxygen atoms in total. The third-order valence-electron chi connectivity index (χ3n) is 2.45. The summed E-state index contributed by atoms with van der Waals surface area (Å²) in [7, 11) is 0. The number of nitrogens with zero attached hydrogens (tertiary/aromatic N) is 1. The molecular formula is C14H18ClNO2. The zero-order chi connectivity index (χ0) is 13.2. The van der Waals surface area contributed by atoms with Crippen molar-refractivity contribution < 1.29 is 9.47 Å². The van der Waals surface area contributed by atoms with E-state index in [1.165, 1.54) is 0 Å². The Hall–Kier alpha value is -1.08. The van der Waals surface area contributed by atoms with Gasteiger partial charge in [0.15, 0.2) is 0 Å². The maximum Gasteiger partial charge on any atom is 0.0992 e. The highest BCUT2D eigenvalue weighted by Gasteiger charge is 2.01. The Balaban J connectivity index is 2.21. The molecule has 4 heteroatoms. The first-order valence-corrected chi connectivity index (χ1v) is 6.49. The molecular weight excluding hydrogens is 250 g/mol. The van der Waals surface area contributed by atoms with Gasteiger partial charge in [0.25, 0.3) is 0 Å². The zero-order valence-electron chi connectivity index (χ0n) is 10.6. The summed E-state index contributed by atoms with van der Waals surface area (Å²) < 4.78 is 10.8. The molecule has 0 aliphatic rings. The van der Waals surface area contributed by atoms with Crippen LogP contribution in [0.2, 0.25) is 5.02 Å². The van der Waals surface area contributed by atoms with Crippen molar-refractivity contribution in [2.45, 2.75) is 26.4 Å². The Bertz CT molecular complexity index is 401. The highest BCUT2D eigenvalue weighted by Crippen LogP contribution is 2.18. The lowest BCUT2D eigenvalue weighted by Gasteiger charge is -2.07. The van der Waals surface area contributed by atoms with Crippen molar-refractivity contribution in [1.29, 1.82) is 5.26 Å². The second kappa shape index (κ2) is 8.93. The molecule has 0 radical (unpaired) electrons. The van der Waals surface area contributed by atoms with Crippen LogP contribution in [0.1, 0.15) is 30.9 Å². The minimum Gasteiger partial charge on any atom is -0.379 e. The van der Waals surface area contributed by atoms with Crippen LogP contribution in [-0.2, 0) is 16.1 Å². The number of hydrogen-bond donors (Lipinski definition) is 0. The Morgan fingerprint density at radius 2 is 2.00 bits per heavy atom. The Morgan fingerprint density at radius 3 is 2.67 bits per heavy atom. The number of benzene rings is 1. The van der Waals surface area contributed by atoms with Gasteiger partial charge in [0.2, 0.25) is 0 Å². The third kappa shape index (κ3) is 5.50. The third-order valence-corrected chi connectivity index (χ3v) is 2.81. The fraction of sp³-hybridized carbons (Fsp3) is 0.500. The Morgan fingerprint density at radius 1 is 1.22 bits per heavy atom. The van der Waals surface area contributed by atoms with E-state index in [0.29, 0.717) is 30.4 Å². The molecule has 0 aliphatic heterocycles. The van der Waals surface area contributed by atoms with E-state index in [1.54, 1.807) is 12.1 Å². The number of halogens is 1. The van der Waals surface area contributed by atoms with Gasteiger partial charge >= 0.3 is 0 Å². The molecule has 98 valence electrons. The Labute approximate surface area is 113 Å². The summed E-state index contributed by atoms with van der Waals surface area (Å²) >= 11 is 6.03. The highest BCUT2D eigenvalue weighted by atomic mass is 35.5. The molecule has 18 heavy (non-hydrogen) atoms. The molecule has 0 fully saturated rings. The van der Waals surface area contributed by atoms with Crippen LogP contribution in [0.4, 0.5) is 0 Å². The fourth-order valence-corrected chi connectivity index (χ4v) is 1.62. The van der Waals surface area contributed by atoms with Crippen molar-refractivity contribution in [3.05, 3.63) is 34.3 Å². The number of unbranched alkanes of at least 4 members (excludes halogenated alkanes) is 1. The molecule has 0 spiro atoms. The first-order chi connectivity index (χ1) is 8.77. The van der Waals surface area contributed by atoms with Gasteiger partial charge in [-0.25, -0.2) is 0 Å². The van der Waals surface area contributed by atoms with Gasteiger partial charge in [-0.15, -0.1) is 0 Å². The number of rotatable bonds is 8. The molecule has 0 atom stereocenters. The number of nitriles is 1. The van der Waals surface area contributed by atoms with Gasteiger partial charge in [-0.1, -0.05) is 31.0 Å². The predicted octanol–water partition coefficient (Wildman–Crippen LogP) is 3.54. The Kier molecular flexibility index (Phi) is 7.43. The van der Waals surface area contributed by atoms with E-state index in [0.717, 1.165) is 25.0 Å². The standard InChI is InChI=1S/C14H18ClNO2/c1-2-3-6-17-7-8-18-11-13-5-4-12(10-16)9-14(13)15/h4-5,9H,2-3,6-8,11H2,1H3. The number of hydrogen-bond acceptors (Lipinski definition) is 3. The van der Waals surface area contributed by atoms with Crippen LogP contribution in [-0.4, -0.2) is 19.8 Å². The normalized spacial score (nSPS) is 10.3. The number of ether oxygens (including phenoxy) is 2. The summed E-state index contributed by atoms with van der Waals surface area (Å²) in [5, 5.41) is 9.28. The monoisotopic (exact) mass is 267 g/mol. The van der Waals surface area contributed by atoms with Gasteiger partial charge in [0.1, 0.15) is 0 Å². The van der Waals surface area contributed by atoms with Crippen LogP contribution in [0.25, 0.3) is 0 Å². The molecule has 0 aliphatic carbocycles. The average molecular weight is 268 g/mol. The maximum absolute atomic E-state index is 8.71. The molecule has 1 aromatic rings. The van der Waals surface area contributed by atoms with E-state index in [2.05, 4.69) is 6.92 Å². The molecule has 0 bridgehead atoms. The van der Waals surface area contributed by atoms with Gasteiger partial charge in [0.05, 0.1) is 31.5 Å². The van der Waals surface area contributed by atoms with E-state index >= 15 is 0 Å². The fourth-order valence-electron chi connectivity index (χ4n) is 1.38. The molecule has 0 saturated carbocycles. The largest absolute Gasteiger partial charge is 0.379 e. The van der Waals surface area contributed by atoms with Gasteiger partial charge in [-0.2, -0.15) is 5.26 Å². The van der Waals surface area contributed by atoms with Gasteiger partial charge in [-0.3, -0.25) is 0 Å². The van der Waals surface area contributed by atoms with E-state index in [4.69, 9.17) is 26.3 Å². The van der Waals surface area contributed by atoms with E-state index in [1.807, 2.05) is 12.1 Å². The van der Waals surface area contributed by atoms with Crippen molar-refractivity contribution in [2.75, 3.05) is 19.8 Å². The lowest BCUT2D eigenvalue weighted by molar-refractivity contribution is 0.0397. The summed E-state index contributed by atoms with van der Waals surface area (Å²) in [6, 6.07) is 7.25. The smallest absolute Gasteiger partial charge is 0.0992 e. The predicted molar refractivity (Wildman–Crippen MR) is 71.6 cm³/mol. The minimum absolute atomic E-state index is 0.446. The minimum atomic E-state index is 0.446. The second-order valence-corrected chi connectivity index (χ2v) is 4.34.